The third-order valence-electron chi connectivity index (χ3n) is 3.46. The van der Waals surface area contributed by atoms with Gasteiger partial charge in [0.05, 0.1) is 19.8 Å². The van der Waals surface area contributed by atoms with E-state index >= 15 is 0 Å². The molecule has 3 N–H and O–H groups in total. The second-order valence-electron chi connectivity index (χ2n) is 4.73. The van der Waals surface area contributed by atoms with Crippen molar-refractivity contribution in [3.05, 3.63) is 29.8 Å². The summed E-state index contributed by atoms with van der Waals surface area (Å²) in [6, 6.07) is 8.58. The summed E-state index contributed by atoms with van der Waals surface area (Å²) >= 11 is 0. The Morgan fingerprint density at radius 3 is 2.74 bits per heavy atom. The smallest absolute Gasteiger partial charge is 0.118 e. The van der Waals surface area contributed by atoms with Gasteiger partial charge in [0.25, 0.3) is 0 Å². The van der Waals surface area contributed by atoms with E-state index in [-0.39, 0.29) is 0 Å². The first-order valence-electron chi connectivity index (χ1n) is 6.67. The maximum atomic E-state index is 5.19. The van der Waals surface area contributed by atoms with E-state index in [9.17, 15) is 0 Å². The zero-order valence-electron chi connectivity index (χ0n) is 11.6. The van der Waals surface area contributed by atoms with Gasteiger partial charge < -0.3 is 14.8 Å². The molecule has 0 bridgehead atoms. The Kier molecular flexibility index (Phi) is 5.60. The Morgan fingerprint density at radius 2 is 2.05 bits per heavy atom. The predicted octanol–water partition coefficient (Wildman–Crippen LogP) is 0.696. The van der Waals surface area contributed by atoms with Gasteiger partial charge in [-0.05, 0) is 17.7 Å². The van der Waals surface area contributed by atoms with E-state index < -0.39 is 0 Å². The Labute approximate surface area is 114 Å². The van der Waals surface area contributed by atoms with E-state index in [0.29, 0.717) is 12.0 Å². The molecule has 0 saturated carbocycles. The van der Waals surface area contributed by atoms with Gasteiger partial charge in [-0.3, -0.25) is 5.43 Å². The topological polar surface area (TPSA) is 54.5 Å². The Balaban J connectivity index is 1.89. The minimum atomic E-state index is 0.334. The highest BCUT2D eigenvalue weighted by atomic mass is 16.5. The maximum absolute atomic E-state index is 5.19. The van der Waals surface area contributed by atoms with Gasteiger partial charge >= 0.3 is 0 Å². The maximum Gasteiger partial charge on any atom is 0.118 e. The van der Waals surface area contributed by atoms with Crippen LogP contribution in [0.25, 0.3) is 0 Å². The number of ether oxygens (including phenoxy) is 2. The molecule has 5 heteroatoms. The third kappa shape index (κ3) is 3.91. The zero-order chi connectivity index (χ0) is 13.5. The van der Waals surface area contributed by atoms with Gasteiger partial charge in [-0.1, -0.05) is 12.1 Å². The van der Waals surface area contributed by atoms with Crippen molar-refractivity contribution in [1.82, 2.24) is 16.2 Å². The largest absolute Gasteiger partial charge is 0.497 e. The first kappa shape index (κ1) is 14.3. The molecule has 1 fully saturated rings. The molecule has 2 unspecified atom stereocenters. The highest BCUT2D eigenvalue weighted by Gasteiger charge is 2.27. The average Bonchev–Trinajstić information content (AvgIpc) is 2.92. The zero-order valence-corrected chi connectivity index (χ0v) is 11.6. The highest BCUT2D eigenvalue weighted by Crippen LogP contribution is 2.25. The number of hydrogen-bond acceptors (Lipinski definition) is 5. The summed E-state index contributed by atoms with van der Waals surface area (Å²) in [5.41, 5.74) is 7.86. The molecule has 1 heterocycles. The van der Waals surface area contributed by atoms with Gasteiger partial charge in [0.15, 0.2) is 0 Å². The number of hydrazine groups is 1. The molecule has 5 nitrogen and oxygen atoms in total. The second kappa shape index (κ2) is 7.45. The standard InChI is InChI=1S/C14H23N3O2/c1-18-8-7-15-9-12-10-16-17-14(12)11-3-5-13(19-2)6-4-11/h3-6,12,14-17H,7-10H2,1-2H3. The van der Waals surface area contributed by atoms with Crippen molar-refractivity contribution in [3.8, 4) is 5.75 Å². The fourth-order valence-electron chi connectivity index (χ4n) is 2.35. The Hall–Kier alpha value is -1.14. The molecule has 0 spiro atoms. The molecule has 0 amide bonds. The highest BCUT2D eigenvalue weighted by molar-refractivity contribution is 5.29. The molecule has 1 aromatic rings. The normalized spacial score (nSPS) is 22.6. The number of nitrogens with one attached hydrogen (secondary N) is 3. The Morgan fingerprint density at radius 1 is 1.26 bits per heavy atom. The lowest BCUT2D eigenvalue weighted by Crippen LogP contribution is -2.30. The van der Waals surface area contributed by atoms with Crippen LogP contribution in [0.3, 0.4) is 0 Å². The van der Waals surface area contributed by atoms with E-state index in [2.05, 4.69) is 28.3 Å². The molecular formula is C14H23N3O2. The van der Waals surface area contributed by atoms with Gasteiger partial charge in [0.2, 0.25) is 0 Å². The summed E-state index contributed by atoms with van der Waals surface area (Å²) in [7, 11) is 3.41. The van der Waals surface area contributed by atoms with Crippen molar-refractivity contribution in [2.75, 3.05) is 40.5 Å². The summed E-state index contributed by atoms with van der Waals surface area (Å²) in [6.07, 6.45) is 0. The summed E-state index contributed by atoms with van der Waals surface area (Å²) < 4.78 is 10.2. The molecule has 1 saturated heterocycles. The van der Waals surface area contributed by atoms with Crippen molar-refractivity contribution in [2.45, 2.75) is 6.04 Å². The van der Waals surface area contributed by atoms with Crippen molar-refractivity contribution < 1.29 is 9.47 Å². The van der Waals surface area contributed by atoms with E-state index in [1.165, 1.54) is 5.56 Å². The van der Waals surface area contributed by atoms with E-state index in [4.69, 9.17) is 9.47 Å². The van der Waals surface area contributed by atoms with Crippen LogP contribution >= 0.6 is 0 Å². The third-order valence-corrected chi connectivity index (χ3v) is 3.46. The van der Waals surface area contributed by atoms with Crippen LogP contribution in [-0.4, -0.2) is 40.5 Å². The van der Waals surface area contributed by atoms with Crippen LogP contribution in [0, 0.1) is 5.92 Å². The quantitative estimate of drug-likeness (QED) is 0.634. The number of rotatable bonds is 7. The first-order chi connectivity index (χ1) is 9.35. The first-order valence-corrected chi connectivity index (χ1v) is 6.67. The van der Waals surface area contributed by atoms with E-state index in [1.54, 1.807) is 14.2 Å². The number of methoxy groups -OCH3 is 2. The monoisotopic (exact) mass is 265 g/mol. The van der Waals surface area contributed by atoms with Crippen LogP contribution < -0.4 is 20.9 Å². The van der Waals surface area contributed by atoms with Gasteiger partial charge in [-0.15, -0.1) is 0 Å². The van der Waals surface area contributed by atoms with Crippen molar-refractivity contribution in [3.63, 3.8) is 0 Å². The summed E-state index contributed by atoms with van der Waals surface area (Å²) in [5, 5.41) is 3.42. The molecule has 1 aliphatic rings. The van der Waals surface area contributed by atoms with E-state index in [1.807, 2.05) is 12.1 Å². The Bertz CT molecular complexity index is 369. The molecule has 0 radical (unpaired) electrons. The van der Waals surface area contributed by atoms with Crippen LogP contribution in [-0.2, 0) is 4.74 Å². The molecular weight excluding hydrogens is 242 g/mol. The molecule has 2 atom stereocenters. The summed E-state index contributed by atoms with van der Waals surface area (Å²) in [5.74, 6) is 1.43. The van der Waals surface area contributed by atoms with Crippen molar-refractivity contribution in [2.24, 2.45) is 5.92 Å². The minimum Gasteiger partial charge on any atom is -0.497 e. The van der Waals surface area contributed by atoms with Crippen LogP contribution in [0.4, 0.5) is 0 Å². The second-order valence-corrected chi connectivity index (χ2v) is 4.73. The summed E-state index contributed by atoms with van der Waals surface area (Å²) in [6.45, 7) is 3.58. The molecule has 1 aromatic carbocycles. The van der Waals surface area contributed by atoms with Gasteiger partial charge in [-0.25, -0.2) is 5.43 Å². The lowest BCUT2D eigenvalue weighted by Gasteiger charge is -2.19. The SMILES string of the molecule is COCCNCC1CNNC1c1ccc(OC)cc1. The van der Waals surface area contributed by atoms with E-state index in [0.717, 1.165) is 32.0 Å². The fourth-order valence-corrected chi connectivity index (χ4v) is 2.35. The van der Waals surface area contributed by atoms with Gasteiger partial charge in [-0.2, -0.15) is 0 Å². The molecule has 0 aliphatic carbocycles. The molecule has 19 heavy (non-hydrogen) atoms. The number of benzene rings is 1. The van der Waals surface area contributed by atoms with Crippen molar-refractivity contribution >= 4 is 0 Å². The molecule has 106 valence electrons. The van der Waals surface area contributed by atoms with Gasteiger partial charge in [0, 0.05) is 32.7 Å². The average molecular weight is 265 g/mol. The van der Waals surface area contributed by atoms with Crippen LogP contribution in [0.1, 0.15) is 11.6 Å². The fraction of sp³-hybridized carbons (Fsp3) is 0.571. The predicted molar refractivity (Wildman–Crippen MR) is 75.1 cm³/mol. The van der Waals surface area contributed by atoms with Crippen LogP contribution in [0.5, 0.6) is 5.75 Å². The van der Waals surface area contributed by atoms with Crippen LogP contribution in [0.15, 0.2) is 24.3 Å². The number of hydrogen-bond donors (Lipinski definition) is 3. The van der Waals surface area contributed by atoms with Gasteiger partial charge in [0.1, 0.15) is 5.75 Å². The lowest BCUT2D eigenvalue weighted by atomic mass is 9.95. The van der Waals surface area contributed by atoms with Crippen LogP contribution in [0.2, 0.25) is 0 Å². The molecule has 0 aromatic heterocycles. The minimum absolute atomic E-state index is 0.334. The molecule has 2 rings (SSSR count). The summed E-state index contributed by atoms with van der Waals surface area (Å²) in [4.78, 5) is 0. The lowest BCUT2D eigenvalue weighted by molar-refractivity contribution is 0.197. The van der Waals surface area contributed by atoms with Crippen molar-refractivity contribution in [1.29, 1.82) is 0 Å². The molecule has 1 aliphatic heterocycles.